The minimum absolute atomic E-state index is 0.195. The van der Waals surface area contributed by atoms with Crippen LogP contribution >= 0.6 is 0 Å². The zero-order chi connectivity index (χ0) is 15.2. The van der Waals surface area contributed by atoms with Crippen molar-refractivity contribution in [2.75, 3.05) is 11.9 Å². The van der Waals surface area contributed by atoms with Crippen LogP contribution in [0.2, 0.25) is 0 Å². The molecular weight excluding hydrogens is 273 g/mol. The summed E-state index contributed by atoms with van der Waals surface area (Å²) in [5.41, 5.74) is 1.08. The Morgan fingerprint density at radius 2 is 2.05 bits per heavy atom. The van der Waals surface area contributed by atoms with Gasteiger partial charge in [-0.25, -0.2) is 4.39 Å². The molecule has 0 aliphatic heterocycles. The highest BCUT2D eigenvalue weighted by Crippen LogP contribution is 2.18. The van der Waals surface area contributed by atoms with Crippen LogP contribution in [0, 0.1) is 5.82 Å². The van der Waals surface area contributed by atoms with Gasteiger partial charge in [-0.2, -0.15) is 0 Å². The number of anilines is 1. The fourth-order valence-electron chi connectivity index (χ4n) is 1.78. The molecule has 5 heteroatoms. The van der Waals surface area contributed by atoms with Crippen molar-refractivity contribution in [2.45, 2.75) is 13.0 Å². The van der Waals surface area contributed by atoms with E-state index < -0.39 is 11.9 Å². The van der Waals surface area contributed by atoms with Crippen LogP contribution in [-0.4, -0.2) is 17.6 Å². The third-order valence-electron chi connectivity index (χ3n) is 2.82. The van der Waals surface area contributed by atoms with Gasteiger partial charge in [0.15, 0.2) is 6.61 Å². The zero-order valence-corrected chi connectivity index (χ0v) is 11.5. The molecule has 0 spiro atoms. The quantitative estimate of drug-likeness (QED) is 0.889. The Bertz CT molecular complexity index is 628. The lowest BCUT2D eigenvalue weighted by atomic mass is 10.1. The van der Waals surface area contributed by atoms with E-state index in [9.17, 15) is 14.3 Å². The second-order valence-corrected chi connectivity index (χ2v) is 4.60. The molecule has 0 radical (unpaired) electrons. The van der Waals surface area contributed by atoms with Crippen molar-refractivity contribution in [3.8, 4) is 5.75 Å². The Labute approximate surface area is 122 Å². The molecule has 2 aromatic carbocycles. The molecule has 0 bridgehead atoms. The van der Waals surface area contributed by atoms with Crippen molar-refractivity contribution in [1.29, 1.82) is 0 Å². The Morgan fingerprint density at radius 3 is 2.76 bits per heavy atom. The lowest BCUT2D eigenvalue weighted by Gasteiger charge is -2.10. The average molecular weight is 289 g/mol. The van der Waals surface area contributed by atoms with E-state index in [4.69, 9.17) is 4.74 Å². The molecule has 0 saturated heterocycles. The molecule has 2 N–H and O–H groups in total. The molecule has 0 fully saturated rings. The number of carbonyl (C=O) groups excluding carboxylic acids is 1. The van der Waals surface area contributed by atoms with Gasteiger partial charge in [-0.3, -0.25) is 4.79 Å². The lowest BCUT2D eigenvalue weighted by Crippen LogP contribution is -2.20. The second-order valence-electron chi connectivity index (χ2n) is 4.60. The van der Waals surface area contributed by atoms with E-state index >= 15 is 0 Å². The molecule has 0 aliphatic carbocycles. The summed E-state index contributed by atoms with van der Waals surface area (Å²) in [6.07, 6.45) is -0.602. The normalized spacial score (nSPS) is 11.8. The number of nitrogens with one attached hydrogen (secondary N) is 1. The molecule has 0 aliphatic rings. The Kier molecular flexibility index (Phi) is 4.90. The number of carbonyl (C=O) groups is 1. The summed E-state index contributed by atoms with van der Waals surface area (Å²) >= 11 is 0. The highest BCUT2D eigenvalue weighted by molar-refractivity contribution is 5.91. The standard InChI is InChI=1S/C16H16FNO3/c1-11(19)12-4-2-7-15(8-12)21-10-16(20)18-14-6-3-5-13(17)9-14/h2-9,11,19H,10H2,1H3,(H,18,20)/t11-/m0/s1. The van der Waals surface area contributed by atoms with Gasteiger partial charge in [0.1, 0.15) is 11.6 Å². The number of hydrogen-bond acceptors (Lipinski definition) is 3. The summed E-state index contributed by atoms with van der Waals surface area (Å²) in [7, 11) is 0. The van der Waals surface area contributed by atoms with Crippen molar-refractivity contribution in [1.82, 2.24) is 0 Å². The first-order chi connectivity index (χ1) is 10.0. The SMILES string of the molecule is C[C@H](O)c1cccc(OCC(=O)Nc2cccc(F)c2)c1. The van der Waals surface area contributed by atoms with E-state index in [1.165, 1.54) is 18.2 Å². The van der Waals surface area contributed by atoms with E-state index in [1.54, 1.807) is 37.3 Å². The lowest BCUT2D eigenvalue weighted by molar-refractivity contribution is -0.118. The van der Waals surface area contributed by atoms with Crippen LogP contribution < -0.4 is 10.1 Å². The zero-order valence-electron chi connectivity index (χ0n) is 11.5. The highest BCUT2D eigenvalue weighted by Gasteiger charge is 2.06. The Morgan fingerprint density at radius 1 is 1.29 bits per heavy atom. The van der Waals surface area contributed by atoms with Gasteiger partial charge >= 0.3 is 0 Å². The first-order valence-corrected chi connectivity index (χ1v) is 6.51. The topological polar surface area (TPSA) is 58.6 Å². The largest absolute Gasteiger partial charge is 0.484 e. The molecular formula is C16H16FNO3. The third-order valence-corrected chi connectivity index (χ3v) is 2.82. The molecule has 0 aromatic heterocycles. The Hall–Kier alpha value is -2.40. The molecule has 0 heterocycles. The van der Waals surface area contributed by atoms with Crippen LogP contribution in [-0.2, 0) is 4.79 Å². The molecule has 2 aromatic rings. The van der Waals surface area contributed by atoms with Crippen molar-refractivity contribution in [2.24, 2.45) is 0 Å². The van der Waals surface area contributed by atoms with Gasteiger partial charge in [-0.05, 0) is 42.8 Å². The summed E-state index contributed by atoms with van der Waals surface area (Å²) in [6, 6.07) is 12.5. The summed E-state index contributed by atoms with van der Waals surface area (Å²) in [4.78, 5) is 11.7. The van der Waals surface area contributed by atoms with Gasteiger partial charge in [0.2, 0.25) is 0 Å². The van der Waals surface area contributed by atoms with Crippen molar-refractivity contribution < 1.29 is 19.0 Å². The maximum absolute atomic E-state index is 13.0. The fourth-order valence-corrected chi connectivity index (χ4v) is 1.78. The van der Waals surface area contributed by atoms with E-state index in [0.29, 0.717) is 17.0 Å². The van der Waals surface area contributed by atoms with Crippen LogP contribution in [0.3, 0.4) is 0 Å². The van der Waals surface area contributed by atoms with Crippen molar-refractivity contribution >= 4 is 11.6 Å². The van der Waals surface area contributed by atoms with Crippen molar-refractivity contribution in [3.63, 3.8) is 0 Å². The number of halogens is 1. The van der Waals surface area contributed by atoms with E-state index in [0.717, 1.165) is 0 Å². The second kappa shape index (κ2) is 6.85. The summed E-state index contributed by atoms with van der Waals surface area (Å²) in [6.45, 7) is 1.45. The van der Waals surface area contributed by atoms with E-state index in [1.807, 2.05) is 0 Å². The minimum atomic E-state index is -0.602. The first kappa shape index (κ1) is 15.0. The number of aliphatic hydroxyl groups is 1. The molecule has 110 valence electrons. The number of ether oxygens (including phenoxy) is 1. The molecule has 1 amide bonds. The van der Waals surface area contributed by atoms with Gasteiger partial charge in [-0.1, -0.05) is 18.2 Å². The predicted octanol–water partition coefficient (Wildman–Crippen LogP) is 2.90. The first-order valence-electron chi connectivity index (χ1n) is 6.51. The smallest absolute Gasteiger partial charge is 0.262 e. The molecule has 21 heavy (non-hydrogen) atoms. The van der Waals surface area contributed by atoms with Crippen LogP contribution in [0.15, 0.2) is 48.5 Å². The molecule has 2 rings (SSSR count). The van der Waals surface area contributed by atoms with Gasteiger partial charge in [0, 0.05) is 5.69 Å². The fraction of sp³-hybridized carbons (Fsp3) is 0.188. The maximum atomic E-state index is 13.0. The number of benzene rings is 2. The van der Waals surface area contributed by atoms with Crippen molar-refractivity contribution in [3.05, 3.63) is 59.9 Å². The number of aliphatic hydroxyl groups excluding tert-OH is 1. The Balaban J connectivity index is 1.90. The number of rotatable bonds is 5. The van der Waals surface area contributed by atoms with Crippen LogP contribution in [0.4, 0.5) is 10.1 Å². The van der Waals surface area contributed by atoms with Crippen LogP contribution in [0.25, 0.3) is 0 Å². The van der Waals surface area contributed by atoms with Crippen LogP contribution in [0.5, 0.6) is 5.75 Å². The molecule has 0 unspecified atom stereocenters. The number of amides is 1. The van der Waals surface area contributed by atoms with Gasteiger partial charge in [0.25, 0.3) is 5.91 Å². The van der Waals surface area contributed by atoms with Crippen LogP contribution in [0.1, 0.15) is 18.6 Å². The monoisotopic (exact) mass is 289 g/mol. The van der Waals surface area contributed by atoms with Gasteiger partial charge in [-0.15, -0.1) is 0 Å². The minimum Gasteiger partial charge on any atom is -0.484 e. The molecule has 4 nitrogen and oxygen atoms in total. The third kappa shape index (κ3) is 4.57. The predicted molar refractivity (Wildman–Crippen MR) is 77.6 cm³/mol. The summed E-state index contributed by atoms with van der Waals surface area (Å²) in [5, 5.41) is 12.0. The maximum Gasteiger partial charge on any atom is 0.262 e. The van der Waals surface area contributed by atoms with Gasteiger partial charge in [0.05, 0.1) is 6.10 Å². The van der Waals surface area contributed by atoms with E-state index in [-0.39, 0.29) is 12.5 Å². The summed E-state index contributed by atoms with van der Waals surface area (Å²) < 4.78 is 18.3. The van der Waals surface area contributed by atoms with E-state index in [2.05, 4.69) is 5.32 Å². The number of hydrogen-bond donors (Lipinski definition) is 2. The average Bonchev–Trinajstić information content (AvgIpc) is 2.45. The van der Waals surface area contributed by atoms with Gasteiger partial charge < -0.3 is 15.2 Å². The molecule has 1 atom stereocenters. The molecule has 0 saturated carbocycles. The summed E-state index contributed by atoms with van der Waals surface area (Å²) in [5.74, 6) is -0.316. The highest BCUT2D eigenvalue weighted by atomic mass is 19.1.